The molecule has 2 aromatic heterocycles. The molecular formula is C14H12N4O2S. The van der Waals surface area contributed by atoms with Crippen molar-refractivity contribution in [2.75, 3.05) is 5.32 Å². The summed E-state index contributed by atoms with van der Waals surface area (Å²) in [5.74, 6) is 0.601. The summed E-state index contributed by atoms with van der Waals surface area (Å²) in [4.78, 5) is 20.0. The summed E-state index contributed by atoms with van der Waals surface area (Å²) in [6.45, 7) is 2.02. The fourth-order valence-corrected chi connectivity index (χ4v) is 2.82. The maximum absolute atomic E-state index is 10.9. The standard InChI is InChI=1S/C14H12N4O2S/c1-9(13-3-2-6-21-13)17-14-11-7-10(18(19)20)4-5-12(11)15-8-16-14/h2-9H,1H3,(H,15,16,17). The number of aromatic nitrogens is 2. The zero-order valence-electron chi connectivity index (χ0n) is 11.2. The minimum absolute atomic E-state index is 0.0316. The summed E-state index contributed by atoms with van der Waals surface area (Å²) in [6.07, 6.45) is 1.46. The predicted octanol–water partition coefficient (Wildman–Crippen LogP) is 3.77. The van der Waals surface area contributed by atoms with Crippen LogP contribution in [0.25, 0.3) is 10.9 Å². The van der Waals surface area contributed by atoms with Crippen LogP contribution < -0.4 is 5.32 Å². The lowest BCUT2D eigenvalue weighted by molar-refractivity contribution is -0.384. The average Bonchev–Trinajstić information content (AvgIpc) is 3.01. The summed E-state index contributed by atoms with van der Waals surface area (Å²) in [5, 5.41) is 16.9. The first-order chi connectivity index (χ1) is 10.1. The van der Waals surface area contributed by atoms with Crippen LogP contribution in [0, 0.1) is 10.1 Å². The molecule has 1 unspecified atom stereocenters. The van der Waals surface area contributed by atoms with Gasteiger partial charge in [0.05, 0.1) is 16.5 Å². The van der Waals surface area contributed by atoms with Crippen LogP contribution in [0.15, 0.2) is 42.0 Å². The fourth-order valence-electron chi connectivity index (χ4n) is 2.09. The number of thiophene rings is 1. The van der Waals surface area contributed by atoms with Crippen LogP contribution in [0.1, 0.15) is 17.8 Å². The highest BCUT2D eigenvalue weighted by Gasteiger charge is 2.13. The van der Waals surface area contributed by atoms with Gasteiger partial charge < -0.3 is 5.32 Å². The molecule has 106 valence electrons. The van der Waals surface area contributed by atoms with E-state index in [0.29, 0.717) is 16.7 Å². The van der Waals surface area contributed by atoms with Gasteiger partial charge in [-0.15, -0.1) is 11.3 Å². The SMILES string of the molecule is CC(Nc1ncnc2ccc([N+](=O)[O-])cc12)c1cccs1. The van der Waals surface area contributed by atoms with Gasteiger partial charge in [0.2, 0.25) is 0 Å². The van der Waals surface area contributed by atoms with Crippen molar-refractivity contribution in [1.29, 1.82) is 0 Å². The van der Waals surface area contributed by atoms with E-state index in [1.807, 2.05) is 24.4 Å². The number of fused-ring (bicyclic) bond motifs is 1. The maximum Gasteiger partial charge on any atom is 0.270 e. The Kier molecular flexibility index (Phi) is 3.49. The largest absolute Gasteiger partial charge is 0.362 e. The maximum atomic E-state index is 10.9. The molecule has 2 heterocycles. The normalized spacial score (nSPS) is 12.2. The molecular weight excluding hydrogens is 288 g/mol. The highest BCUT2D eigenvalue weighted by Crippen LogP contribution is 2.28. The van der Waals surface area contributed by atoms with Gasteiger partial charge >= 0.3 is 0 Å². The molecule has 0 radical (unpaired) electrons. The number of rotatable bonds is 4. The lowest BCUT2D eigenvalue weighted by Crippen LogP contribution is -2.07. The summed E-state index contributed by atoms with van der Waals surface area (Å²) in [6, 6.07) is 8.67. The number of non-ortho nitro benzene ring substituents is 1. The lowest BCUT2D eigenvalue weighted by atomic mass is 10.2. The third kappa shape index (κ3) is 2.68. The number of hydrogen-bond acceptors (Lipinski definition) is 6. The van der Waals surface area contributed by atoms with Gasteiger partial charge in [0.25, 0.3) is 5.69 Å². The molecule has 0 bridgehead atoms. The molecule has 0 amide bonds. The molecule has 7 heteroatoms. The fraction of sp³-hybridized carbons (Fsp3) is 0.143. The quantitative estimate of drug-likeness (QED) is 0.586. The van der Waals surface area contributed by atoms with Crippen molar-refractivity contribution >= 4 is 33.7 Å². The number of nitrogens with zero attached hydrogens (tertiary/aromatic N) is 3. The number of benzene rings is 1. The van der Waals surface area contributed by atoms with Gasteiger partial charge in [0.15, 0.2) is 0 Å². The number of nitrogens with one attached hydrogen (secondary N) is 1. The Labute approximate surface area is 124 Å². The molecule has 6 nitrogen and oxygen atoms in total. The van der Waals surface area contributed by atoms with Gasteiger partial charge in [-0.1, -0.05) is 6.07 Å². The highest BCUT2D eigenvalue weighted by molar-refractivity contribution is 7.10. The molecule has 0 saturated carbocycles. The molecule has 3 rings (SSSR count). The van der Waals surface area contributed by atoms with Crippen LogP contribution in [0.3, 0.4) is 0 Å². The van der Waals surface area contributed by atoms with E-state index in [-0.39, 0.29) is 11.7 Å². The Morgan fingerprint density at radius 1 is 1.33 bits per heavy atom. The molecule has 0 fully saturated rings. The van der Waals surface area contributed by atoms with E-state index in [9.17, 15) is 10.1 Å². The summed E-state index contributed by atoms with van der Waals surface area (Å²) in [5.41, 5.74) is 0.709. The Morgan fingerprint density at radius 2 is 2.19 bits per heavy atom. The Morgan fingerprint density at radius 3 is 2.90 bits per heavy atom. The molecule has 1 aromatic carbocycles. The van der Waals surface area contributed by atoms with E-state index in [1.165, 1.54) is 23.3 Å². The van der Waals surface area contributed by atoms with Crippen molar-refractivity contribution in [3.8, 4) is 0 Å². The second kappa shape index (κ2) is 5.45. The van der Waals surface area contributed by atoms with E-state index in [4.69, 9.17) is 0 Å². The van der Waals surface area contributed by atoms with Crippen LogP contribution in [0.2, 0.25) is 0 Å². The van der Waals surface area contributed by atoms with Crippen molar-refractivity contribution in [2.45, 2.75) is 13.0 Å². The Balaban J connectivity index is 2.01. The van der Waals surface area contributed by atoms with Crippen molar-refractivity contribution in [3.05, 3.63) is 57.0 Å². The molecule has 1 atom stereocenters. The first-order valence-electron chi connectivity index (χ1n) is 6.34. The van der Waals surface area contributed by atoms with Gasteiger partial charge in [-0.3, -0.25) is 10.1 Å². The average molecular weight is 300 g/mol. The van der Waals surface area contributed by atoms with Crippen LogP contribution in [-0.4, -0.2) is 14.9 Å². The molecule has 1 N–H and O–H groups in total. The zero-order chi connectivity index (χ0) is 14.8. The second-order valence-corrected chi connectivity index (χ2v) is 5.54. The first-order valence-corrected chi connectivity index (χ1v) is 7.22. The van der Waals surface area contributed by atoms with Crippen LogP contribution in [0.5, 0.6) is 0 Å². The number of nitro groups is 1. The minimum Gasteiger partial charge on any atom is -0.362 e. The van der Waals surface area contributed by atoms with Gasteiger partial charge in [0, 0.05) is 22.4 Å². The van der Waals surface area contributed by atoms with E-state index in [2.05, 4.69) is 15.3 Å². The predicted molar refractivity (Wildman–Crippen MR) is 82.5 cm³/mol. The molecule has 3 aromatic rings. The van der Waals surface area contributed by atoms with Gasteiger partial charge in [0.1, 0.15) is 12.1 Å². The minimum atomic E-state index is -0.418. The van der Waals surface area contributed by atoms with E-state index >= 15 is 0 Å². The molecule has 21 heavy (non-hydrogen) atoms. The van der Waals surface area contributed by atoms with Crippen LogP contribution in [0.4, 0.5) is 11.5 Å². The van der Waals surface area contributed by atoms with Crippen molar-refractivity contribution in [2.24, 2.45) is 0 Å². The van der Waals surface area contributed by atoms with Gasteiger partial charge in [-0.05, 0) is 24.4 Å². The highest BCUT2D eigenvalue weighted by atomic mass is 32.1. The molecule has 0 spiro atoms. The number of nitro benzene ring substituents is 1. The summed E-state index contributed by atoms with van der Waals surface area (Å²) >= 11 is 1.65. The van der Waals surface area contributed by atoms with Crippen LogP contribution >= 0.6 is 11.3 Å². The smallest absolute Gasteiger partial charge is 0.270 e. The Bertz CT molecular complexity index is 789. The molecule has 0 aliphatic carbocycles. The van der Waals surface area contributed by atoms with Crippen LogP contribution in [-0.2, 0) is 0 Å². The number of anilines is 1. The van der Waals surface area contributed by atoms with E-state index in [0.717, 1.165) is 0 Å². The molecule has 0 aliphatic rings. The van der Waals surface area contributed by atoms with E-state index < -0.39 is 4.92 Å². The second-order valence-electron chi connectivity index (χ2n) is 4.56. The molecule has 0 saturated heterocycles. The van der Waals surface area contributed by atoms with Gasteiger partial charge in [-0.25, -0.2) is 9.97 Å². The first kappa shape index (κ1) is 13.4. The van der Waals surface area contributed by atoms with Crippen molar-refractivity contribution < 1.29 is 4.92 Å². The zero-order valence-corrected chi connectivity index (χ0v) is 12.0. The van der Waals surface area contributed by atoms with E-state index in [1.54, 1.807) is 17.4 Å². The summed E-state index contributed by atoms with van der Waals surface area (Å²) in [7, 11) is 0. The van der Waals surface area contributed by atoms with Gasteiger partial charge in [-0.2, -0.15) is 0 Å². The third-order valence-electron chi connectivity index (χ3n) is 3.15. The lowest BCUT2D eigenvalue weighted by Gasteiger charge is -2.14. The monoisotopic (exact) mass is 300 g/mol. The Hall–Kier alpha value is -2.54. The topological polar surface area (TPSA) is 81.0 Å². The summed E-state index contributed by atoms with van der Waals surface area (Å²) < 4.78 is 0. The third-order valence-corrected chi connectivity index (χ3v) is 4.21. The van der Waals surface area contributed by atoms with Crippen molar-refractivity contribution in [1.82, 2.24) is 9.97 Å². The molecule has 0 aliphatic heterocycles. The number of hydrogen-bond donors (Lipinski definition) is 1. The van der Waals surface area contributed by atoms with Crippen molar-refractivity contribution in [3.63, 3.8) is 0 Å².